The van der Waals surface area contributed by atoms with Gasteiger partial charge >= 0.3 is 0 Å². The molecule has 21 heavy (non-hydrogen) atoms. The van der Waals surface area contributed by atoms with Gasteiger partial charge in [0.2, 0.25) is 5.91 Å². The van der Waals surface area contributed by atoms with Crippen molar-refractivity contribution >= 4 is 33.4 Å². The first kappa shape index (κ1) is 13.1. The summed E-state index contributed by atoms with van der Waals surface area (Å²) in [5.74, 6) is 0.491. The summed E-state index contributed by atoms with van der Waals surface area (Å²) in [5, 5.41) is 12.4. The van der Waals surface area contributed by atoms with Crippen molar-refractivity contribution in [3.8, 4) is 5.75 Å². The van der Waals surface area contributed by atoms with E-state index >= 15 is 0 Å². The highest BCUT2D eigenvalue weighted by Crippen LogP contribution is 2.33. The molecule has 3 aromatic rings. The third-order valence-electron chi connectivity index (χ3n) is 3.48. The van der Waals surface area contributed by atoms with Crippen LogP contribution in [0, 0.1) is 10.1 Å². The maximum absolute atomic E-state index is 11.9. The first-order chi connectivity index (χ1) is 10.0. The molecule has 0 amide bonds. The van der Waals surface area contributed by atoms with E-state index in [1.807, 2.05) is 0 Å². The molecule has 0 aliphatic rings. The monoisotopic (exact) mass is 284 g/mol. The van der Waals surface area contributed by atoms with Crippen LogP contribution in [0.4, 0.5) is 5.69 Å². The standard InChI is InChI=1S/C15H12N2O4/c1-9(18)16-14-5-3-10(17(19)20)7-12(14)13-8-11(21-2)4-6-15(13)16/h3-8H,1-2H3. The molecule has 0 radical (unpaired) electrons. The Morgan fingerprint density at radius 3 is 2.33 bits per heavy atom. The minimum atomic E-state index is -0.448. The van der Waals surface area contributed by atoms with Crippen LogP contribution in [-0.4, -0.2) is 22.5 Å². The van der Waals surface area contributed by atoms with Gasteiger partial charge in [0.1, 0.15) is 5.75 Å². The molecule has 3 rings (SSSR count). The van der Waals surface area contributed by atoms with E-state index in [4.69, 9.17) is 4.74 Å². The number of non-ortho nitro benzene ring substituents is 1. The van der Waals surface area contributed by atoms with Crippen molar-refractivity contribution in [1.29, 1.82) is 0 Å². The smallest absolute Gasteiger partial charge is 0.270 e. The lowest BCUT2D eigenvalue weighted by molar-refractivity contribution is -0.384. The Labute approximate surface area is 119 Å². The van der Waals surface area contributed by atoms with Crippen molar-refractivity contribution in [2.45, 2.75) is 6.92 Å². The van der Waals surface area contributed by atoms with E-state index in [1.54, 1.807) is 35.9 Å². The summed E-state index contributed by atoms with van der Waals surface area (Å²) in [6.07, 6.45) is 0. The zero-order valence-corrected chi connectivity index (χ0v) is 11.5. The third-order valence-corrected chi connectivity index (χ3v) is 3.48. The molecule has 0 spiro atoms. The molecule has 1 heterocycles. The van der Waals surface area contributed by atoms with Crippen molar-refractivity contribution < 1.29 is 14.5 Å². The van der Waals surface area contributed by atoms with Gasteiger partial charge in [0.15, 0.2) is 0 Å². The molecule has 0 saturated carbocycles. The first-order valence-corrected chi connectivity index (χ1v) is 6.30. The van der Waals surface area contributed by atoms with E-state index in [0.717, 1.165) is 5.39 Å². The van der Waals surface area contributed by atoms with E-state index in [-0.39, 0.29) is 11.6 Å². The Kier molecular flexibility index (Phi) is 2.86. The van der Waals surface area contributed by atoms with Gasteiger partial charge in [-0.25, -0.2) is 0 Å². The van der Waals surface area contributed by atoms with Crippen molar-refractivity contribution in [1.82, 2.24) is 4.57 Å². The normalized spacial score (nSPS) is 11.0. The number of aromatic nitrogens is 1. The van der Waals surface area contributed by atoms with E-state index in [2.05, 4.69) is 0 Å². The number of benzene rings is 2. The van der Waals surface area contributed by atoms with Gasteiger partial charge in [-0.15, -0.1) is 0 Å². The van der Waals surface area contributed by atoms with Crippen LogP contribution in [0.1, 0.15) is 11.7 Å². The molecule has 0 atom stereocenters. The van der Waals surface area contributed by atoms with Crippen LogP contribution in [0.2, 0.25) is 0 Å². The molecule has 1 aromatic heterocycles. The van der Waals surface area contributed by atoms with Crippen LogP contribution in [0.5, 0.6) is 5.75 Å². The van der Waals surface area contributed by atoms with Gasteiger partial charge in [0, 0.05) is 29.8 Å². The number of nitrogens with zero attached hydrogens (tertiary/aromatic N) is 2. The molecule has 6 heteroatoms. The number of methoxy groups -OCH3 is 1. The molecule has 106 valence electrons. The Balaban J connectivity index is 2.49. The maximum atomic E-state index is 11.9. The predicted octanol–water partition coefficient (Wildman–Crippen LogP) is 3.37. The molecule has 0 N–H and O–H groups in total. The van der Waals surface area contributed by atoms with E-state index in [0.29, 0.717) is 22.2 Å². The lowest BCUT2D eigenvalue weighted by atomic mass is 10.1. The largest absolute Gasteiger partial charge is 0.497 e. The zero-order chi connectivity index (χ0) is 15.1. The highest BCUT2D eigenvalue weighted by Gasteiger charge is 2.17. The second-order valence-electron chi connectivity index (χ2n) is 4.70. The van der Waals surface area contributed by atoms with Crippen LogP contribution < -0.4 is 4.74 Å². The molecule has 6 nitrogen and oxygen atoms in total. The van der Waals surface area contributed by atoms with Gasteiger partial charge in [-0.1, -0.05) is 0 Å². The van der Waals surface area contributed by atoms with E-state index < -0.39 is 4.92 Å². The van der Waals surface area contributed by atoms with E-state index in [9.17, 15) is 14.9 Å². The minimum Gasteiger partial charge on any atom is -0.497 e. The molecule has 0 aliphatic heterocycles. The average Bonchev–Trinajstić information content (AvgIpc) is 2.79. The fourth-order valence-corrected chi connectivity index (χ4v) is 2.57. The lowest BCUT2D eigenvalue weighted by Gasteiger charge is -2.02. The van der Waals surface area contributed by atoms with Crippen LogP contribution in [0.3, 0.4) is 0 Å². The topological polar surface area (TPSA) is 74.4 Å². The highest BCUT2D eigenvalue weighted by atomic mass is 16.6. The number of carbonyl (C=O) groups excluding carboxylic acids is 1. The van der Waals surface area contributed by atoms with Gasteiger partial charge in [-0.2, -0.15) is 0 Å². The highest BCUT2D eigenvalue weighted by molar-refractivity contribution is 6.14. The maximum Gasteiger partial charge on any atom is 0.270 e. The summed E-state index contributed by atoms with van der Waals surface area (Å²) >= 11 is 0. The third kappa shape index (κ3) is 1.92. The fourth-order valence-electron chi connectivity index (χ4n) is 2.57. The summed E-state index contributed by atoms with van der Waals surface area (Å²) in [6, 6.07) is 9.80. The van der Waals surface area contributed by atoms with Gasteiger partial charge in [0.25, 0.3) is 5.69 Å². The Hall–Kier alpha value is -2.89. The van der Waals surface area contributed by atoms with Crippen molar-refractivity contribution in [3.05, 3.63) is 46.5 Å². The summed E-state index contributed by atoms with van der Waals surface area (Å²) < 4.78 is 6.74. The number of nitro benzene ring substituents is 1. The molecule has 0 aliphatic carbocycles. The predicted molar refractivity (Wildman–Crippen MR) is 79.0 cm³/mol. The molecule has 0 fully saturated rings. The van der Waals surface area contributed by atoms with Gasteiger partial charge in [0.05, 0.1) is 23.1 Å². The van der Waals surface area contributed by atoms with Gasteiger partial charge < -0.3 is 4.74 Å². The van der Waals surface area contributed by atoms with Gasteiger partial charge in [-0.3, -0.25) is 19.5 Å². The van der Waals surface area contributed by atoms with Crippen molar-refractivity contribution in [2.24, 2.45) is 0 Å². The second kappa shape index (κ2) is 4.59. The second-order valence-corrected chi connectivity index (χ2v) is 4.70. The Morgan fingerprint density at radius 2 is 1.76 bits per heavy atom. The summed E-state index contributed by atoms with van der Waals surface area (Å²) in [5.41, 5.74) is 1.35. The average molecular weight is 284 g/mol. The molecule has 0 unspecified atom stereocenters. The van der Waals surface area contributed by atoms with Gasteiger partial charge in [-0.05, 0) is 24.3 Å². The van der Waals surface area contributed by atoms with Crippen LogP contribution in [0.15, 0.2) is 36.4 Å². The minimum absolute atomic E-state index is 0.00655. The van der Waals surface area contributed by atoms with Crippen LogP contribution in [-0.2, 0) is 0 Å². The van der Waals surface area contributed by atoms with Crippen molar-refractivity contribution in [3.63, 3.8) is 0 Å². The summed E-state index contributed by atoms with van der Waals surface area (Å²) in [7, 11) is 1.55. The molecule has 0 bridgehead atoms. The summed E-state index contributed by atoms with van der Waals surface area (Å²) in [6.45, 7) is 1.46. The number of fused-ring (bicyclic) bond motifs is 3. The molecular formula is C15H12N2O4. The number of nitro groups is 1. The zero-order valence-electron chi connectivity index (χ0n) is 11.5. The number of hydrogen-bond donors (Lipinski definition) is 0. The number of rotatable bonds is 2. The number of hydrogen-bond acceptors (Lipinski definition) is 4. The summed E-state index contributed by atoms with van der Waals surface area (Å²) in [4.78, 5) is 22.4. The number of ether oxygens (including phenoxy) is 1. The van der Waals surface area contributed by atoms with Crippen LogP contribution in [0.25, 0.3) is 21.8 Å². The van der Waals surface area contributed by atoms with E-state index in [1.165, 1.54) is 19.1 Å². The SMILES string of the molecule is COc1ccc2c(c1)c1cc([N+](=O)[O-])ccc1n2C(C)=O. The lowest BCUT2D eigenvalue weighted by Crippen LogP contribution is -2.04. The Bertz CT molecular complexity index is 895. The number of carbonyl (C=O) groups is 1. The fraction of sp³-hybridized carbons (Fsp3) is 0.133. The Morgan fingerprint density at radius 1 is 1.14 bits per heavy atom. The molecule has 0 saturated heterocycles. The molecule has 2 aromatic carbocycles. The first-order valence-electron chi connectivity index (χ1n) is 6.30. The molecular weight excluding hydrogens is 272 g/mol. The van der Waals surface area contributed by atoms with Crippen molar-refractivity contribution in [2.75, 3.05) is 7.11 Å². The van der Waals surface area contributed by atoms with Crippen LogP contribution >= 0.6 is 0 Å². The quantitative estimate of drug-likeness (QED) is 0.534.